The predicted octanol–water partition coefficient (Wildman–Crippen LogP) is 2.60. The number of nitrogens with two attached hydrogens (primary N) is 1. The van der Waals surface area contributed by atoms with Gasteiger partial charge in [-0.15, -0.1) is 10.2 Å². The summed E-state index contributed by atoms with van der Waals surface area (Å²) in [6, 6.07) is 5.19. The van der Waals surface area contributed by atoms with E-state index in [0.717, 1.165) is 0 Å². The van der Waals surface area contributed by atoms with Gasteiger partial charge in [0.05, 0.1) is 10.0 Å². The Bertz CT molecular complexity index is 621. The highest BCUT2D eigenvalue weighted by Crippen LogP contribution is 2.34. The van der Waals surface area contributed by atoms with Crippen LogP contribution in [-0.4, -0.2) is 26.9 Å². The van der Waals surface area contributed by atoms with Crippen molar-refractivity contribution in [1.82, 2.24) is 15.2 Å². The van der Waals surface area contributed by atoms with Gasteiger partial charge in [-0.1, -0.05) is 42.3 Å². The van der Waals surface area contributed by atoms with Gasteiger partial charge in [0.25, 0.3) is 0 Å². The Kier molecular flexibility index (Phi) is 4.75. The molecule has 0 bridgehead atoms. The minimum Gasteiger partial charge on any atom is -0.396 e. The van der Waals surface area contributed by atoms with Crippen molar-refractivity contribution in [2.24, 2.45) is 5.92 Å². The van der Waals surface area contributed by atoms with E-state index in [9.17, 15) is 0 Å². The van der Waals surface area contributed by atoms with Crippen LogP contribution in [0.4, 0.5) is 5.82 Å². The zero-order valence-corrected chi connectivity index (χ0v) is 12.4. The molecular formula is C13H14Cl2N4O. The van der Waals surface area contributed by atoms with Crippen molar-refractivity contribution in [3.63, 3.8) is 0 Å². The molecule has 1 aromatic heterocycles. The molecule has 1 unspecified atom stereocenters. The minimum absolute atomic E-state index is 0.0526. The van der Waals surface area contributed by atoms with E-state index in [1.165, 1.54) is 0 Å². The minimum atomic E-state index is 0.0526. The Labute approximate surface area is 126 Å². The molecule has 0 fully saturated rings. The summed E-state index contributed by atoms with van der Waals surface area (Å²) in [6.07, 6.45) is 0.511. The first-order valence-electron chi connectivity index (χ1n) is 6.07. The van der Waals surface area contributed by atoms with Crippen LogP contribution in [0.2, 0.25) is 10.0 Å². The number of hydrogen-bond acceptors (Lipinski definition) is 5. The number of aromatic nitrogens is 3. The number of nitrogens with zero attached hydrogens (tertiary/aromatic N) is 3. The Hall–Kier alpha value is -1.43. The van der Waals surface area contributed by atoms with Gasteiger partial charge in [-0.3, -0.25) is 0 Å². The van der Waals surface area contributed by atoms with Crippen LogP contribution in [0.5, 0.6) is 0 Å². The third kappa shape index (κ3) is 3.17. The quantitative estimate of drug-likeness (QED) is 0.906. The summed E-state index contributed by atoms with van der Waals surface area (Å²) in [7, 11) is 0. The van der Waals surface area contributed by atoms with Crippen molar-refractivity contribution in [1.29, 1.82) is 0 Å². The van der Waals surface area contributed by atoms with Gasteiger partial charge in [-0.2, -0.15) is 0 Å². The molecule has 3 N–H and O–H groups in total. The molecule has 5 nitrogen and oxygen atoms in total. The highest BCUT2D eigenvalue weighted by Gasteiger charge is 2.14. The molecule has 7 heteroatoms. The third-order valence-corrected chi connectivity index (χ3v) is 3.63. The molecular weight excluding hydrogens is 299 g/mol. The number of benzene rings is 1. The summed E-state index contributed by atoms with van der Waals surface area (Å²) in [5.74, 6) is 0.784. The summed E-state index contributed by atoms with van der Waals surface area (Å²) in [5.41, 5.74) is 6.91. The second kappa shape index (κ2) is 6.35. The van der Waals surface area contributed by atoms with E-state index >= 15 is 0 Å². The highest BCUT2D eigenvalue weighted by molar-refractivity contribution is 6.43. The first-order valence-corrected chi connectivity index (χ1v) is 6.82. The van der Waals surface area contributed by atoms with Gasteiger partial charge in [0.1, 0.15) is 5.69 Å². The Balaban J connectivity index is 2.37. The highest BCUT2D eigenvalue weighted by atomic mass is 35.5. The second-order valence-corrected chi connectivity index (χ2v) is 5.34. The van der Waals surface area contributed by atoms with Gasteiger partial charge in [0.15, 0.2) is 11.6 Å². The molecule has 20 heavy (non-hydrogen) atoms. The number of aliphatic hydroxyl groups is 1. The fraction of sp³-hybridized carbons (Fsp3) is 0.308. The largest absolute Gasteiger partial charge is 0.396 e. The summed E-state index contributed by atoms with van der Waals surface area (Å²) in [5, 5.41) is 17.9. The number of nitrogen functional groups attached to an aromatic ring is 1. The zero-order valence-electron chi connectivity index (χ0n) is 10.8. The smallest absolute Gasteiger partial charge is 0.154 e. The number of aliphatic hydroxyl groups excluding tert-OH is 1. The maximum absolute atomic E-state index is 9.03. The van der Waals surface area contributed by atoms with Crippen molar-refractivity contribution in [3.05, 3.63) is 34.1 Å². The maximum atomic E-state index is 9.03. The lowest BCUT2D eigenvalue weighted by Crippen LogP contribution is -2.11. The van der Waals surface area contributed by atoms with Crippen molar-refractivity contribution in [2.75, 3.05) is 12.3 Å². The molecule has 0 spiro atoms. The van der Waals surface area contributed by atoms with Crippen LogP contribution in [0.25, 0.3) is 11.3 Å². The summed E-state index contributed by atoms with van der Waals surface area (Å²) in [6.45, 7) is 1.95. The molecule has 0 saturated carbocycles. The summed E-state index contributed by atoms with van der Waals surface area (Å²) >= 11 is 12.1. The van der Waals surface area contributed by atoms with Crippen LogP contribution in [0.1, 0.15) is 12.7 Å². The van der Waals surface area contributed by atoms with Crippen molar-refractivity contribution >= 4 is 29.0 Å². The lowest BCUT2D eigenvalue weighted by molar-refractivity contribution is 0.235. The van der Waals surface area contributed by atoms with Gasteiger partial charge >= 0.3 is 0 Å². The van der Waals surface area contributed by atoms with Crippen LogP contribution in [0, 0.1) is 5.92 Å². The van der Waals surface area contributed by atoms with Gasteiger partial charge in [0.2, 0.25) is 0 Å². The Morgan fingerprint density at radius 1 is 1.30 bits per heavy atom. The van der Waals surface area contributed by atoms with Crippen molar-refractivity contribution < 1.29 is 5.11 Å². The zero-order chi connectivity index (χ0) is 14.7. The average Bonchev–Trinajstić information content (AvgIpc) is 2.42. The van der Waals surface area contributed by atoms with Crippen LogP contribution < -0.4 is 5.73 Å². The van der Waals surface area contributed by atoms with Crippen LogP contribution in [0.15, 0.2) is 18.2 Å². The molecule has 2 rings (SSSR count). The molecule has 0 amide bonds. The molecule has 0 aliphatic carbocycles. The number of rotatable bonds is 4. The van der Waals surface area contributed by atoms with Gasteiger partial charge in [-0.25, -0.2) is 4.98 Å². The molecule has 1 atom stereocenters. The molecule has 1 heterocycles. The first kappa shape index (κ1) is 15.0. The van der Waals surface area contributed by atoms with Crippen LogP contribution in [0.3, 0.4) is 0 Å². The molecule has 0 aliphatic heterocycles. The van der Waals surface area contributed by atoms with E-state index in [1.54, 1.807) is 18.2 Å². The topological polar surface area (TPSA) is 84.9 Å². The van der Waals surface area contributed by atoms with E-state index in [4.69, 9.17) is 34.0 Å². The monoisotopic (exact) mass is 312 g/mol. The number of anilines is 1. The second-order valence-electron chi connectivity index (χ2n) is 4.56. The van der Waals surface area contributed by atoms with E-state index in [-0.39, 0.29) is 18.3 Å². The molecule has 0 aliphatic rings. The Morgan fingerprint density at radius 2 is 2.05 bits per heavy atom. The average molecular weight is 313 g/mol. The van der Waals surface area contributed by atoms with Crippen molar-refractivity contribution in [2.45, 2.75) is 13.3 Å². The lowest BCUT2D eigenvalue weighted by atomic mass is 10.1. The van der Waals surface area contributed by atoms with Crippen LogP contribution in [-0.2, 0) is 6.42 Å². The SMILES string of the molecule is CC(CO)Cc1nnc(-c2cccc(Cl)c2Cl)c(N)n1. The number of hydrogen-bond donors (Lipinski definition) is 2. The molecule has 2 aromatic rings. The summed E-state index contributed by atoms with van der Waals surface area (Å²) in [4.78, 5) is 4.20. The fourth-order valence-electron chi connectivity index (χ4n) is 1.71. The van der Waals surface area contributed by atoms with Gasteiger partial charge < -0.3 is 10.8 Å². The van der Waals surface area contributed by atoms with E-state index < -0.39 is 0 Å². The van der Waals surface area contributed by atoms with E-state index in [1.807, 2.05) is 6.92 Å². The number of halogens is 2. The Morgan fingerprint density at radius 3 is 2.70 bits per heavy atom. The molecule has 106 valence electrons. The first-order chi connectivity index (χ1) is 9.52. The standard InChI is InChI=1S/C13H14Cl2N4O/c1-7(6-20)5-10-17-13(16)12(19-18-10)8-3-2-4-9(14)11(8)15/h2-4,7,20H,5-6H2,1H3,(H2,16,17,18). The fourth-order valence-corrected chi connectivity index (χ4v) is 2.10. The van der Waals surface area contributed by atoms with Crippen molar-refractivity contribution in [3.8, 4) is 11.3 Å². The normalized spacial score (nSPS) is 12.4. The maximum Gasteiger partial charge on any atom is 0.154 e. The van der Waals surface area contributed by atoms with E-state index in [2.05, 4.69) is 15.2 Å². The lowest BCUT2D eigenvalue weighted by Gasteiger charge is -2.09. The molecule has 0 saturated heterocycles. The third-order valence-electron chi connectivity index (χ3n) is 2.81. The predicted molar refractivity (Wildman–Crippen MR) is 79.6 cm³/mol. The van der Waals surface area contributed by atoms with Gasteiger partial charge in [0, 0.05) is 18.6 Å². The van der Waals surface area contributed by atoms with Crippen LogP contribution >= 0.6 is 23.2 Å². The summed E-state index contributed by atoms with van der Waals surface area (Å²) < 4.78 is 0. The molecule has 0 radical (unpaired) electrons. The van der Waals surface area contributed by atoms with E-state index in [0.29, 0.717) is 33.5 Å². The van der Waals surface area contributed by atoms with Gasteiger partial charge in [-0.05, 0) is 12.0 Å². The molecule has 1 aromatic carbocycles.